The number of ether oxygens (including phenoxy) is 1. The minimum atomic E-state index is -0.175. The molecule has 2 rings (SSSR count). The highest BCUT2D eigenvalue weighted by atomic mass is 16.5. The minimum absolute atomic E-state index is 0.157. The number of aromatic nitrogens is 2. The Morgan fingerprint density at radius 3 is 2.67 bits per heavy atom. The Balaban J connectivity index is 2.54. The summed E-state index contributed by atoms with van der Waals surface area (Å²) in [5.41, 5.74) is 0.313. The van der Waals surface area contributed by atoms with Crippen LogP contribution in [0.15, 0.2) is 23.0 Å². The Morgan fingerprint density at radius 2 is 2.06 bits per heavy atom. The molecule has 1 aromatic heterocycles. The van der Waals surface area contributed by atoms with Crippen molar-refractivity contribution in [3.63, 3.8) is 0 Å². The van der Waals surface area contributed by atoms with Crippen molar-refractivity contribution < 1.29 is 4.74 Å². The molecular formula is C13H17N3O2. The van der Waals surface area contributed by atoms with Crippen LogP contribution in [0.1, 0.15) is 20.8 Å². The van der Waals surface area contributed by atoms with Gasteiger partial charge in [-0.15, -0.1) is 0 Å². The average molecular weight is 247 g/mol. The second-order valence-corrected chi connectivity index (χ2v) is 5.17. The van der Waals surface area contributed by atoms with Gasteiger partial charge in [-0.05, 0) is 39.0 Å². The normalized spacial score (nSPS) is 11.6. The molecule has 1 heterocycles. The lowest BCUT2D eigenvalue weighted by Crippen LogP contribution is -2.28. The first-order valence-corrected chi connectivity index (χ1v) is 5.75. The van der Waals surface area contributed by atoms with Crippen LogP contribution in [0.3, 0.4) is 0 Å². The van der Waals surface area contributed by atoms with E-state index in [-0.39, 0.29) is 11.1 Å². The van der Waals surface area contributed by atoms with Gasteiger partial charge in [0.2, 0.25) is 5.95 Å². The van der Waals surface area contributed by atoms with Gasteiger partial charge in [-0.1, -0.05) is 0 Å². The zero-order valence-electron chi connectivity index (χ0n) is 11.0. The number of hydrogen-bond donors (Lipinski definition) is 2. The van der Waals surface area contributed by atoms with E-state index in [2.05, 4.69) is 15.3 Å². The molecule has 0 aliphatic carbocycles. The van der Waals surface area contributed by atoms with E-state index < -0.39 is 0 Å². The van der Waals surface area contributed by atoms with Gasteiger partial charge in [-0.25, -0.2) is 4.98 Å². The molecule has 2 aromatic rings. The van der Waals surface area contributed by atoms with Crippen molar-refractivity contribution in [2.75, 3.05) is 12.4 Å². The number of rotatable bonds is 2. The molecular weight excluding hydrogens is 230 g/mol. The van der Waals surface area contributed by atoms with E-state index in [1.54, 1.807) is 25.3 Å². The van der Waals surface area contributed by atoms with Crippen molar-refractivity contribution >= 4 is 16.9 Å². The highest BCUT2D eigenvalue weighted by Gasteiger charge is 2.12. The molecule has 0 radical (unpaired) electrons. The zero-order chi connectivity index (χ0) is 13.3. The maximum atomic E-state index is 12.0. The lowest BCUT2D eigenvalue weighted by atomic mass is 10.1. The van der Waals surface area contributed by atoms with Crippen LogP contribution >= 0.6 is 0 Å². The number of hydrogen-bond acceptors (Lipinski definition) is 4. The summed E-state index contributed by atoms with van der Waals surface area (Å²) in [6.45, 7) is 6.02. The molecule has 0 fully saturated rings. The van der Waals surface area contributed by atoms with E-state index in [4.69, 9.17) is 4.74 Å². The summed E-state index contributed by atoms with van der Waals surface area (Å²) in [6, 6.07) is 5.24. The largest absolute Gasteiger partial charge is 0.497 e. The summed E-state index contributed by atoms with van der Waals surface area (Å²) in [7, 11) is 1.57. The summed E-state index contributed by atoms with van der Waals surface area (Å²) < 4.78 is 5.09. The molecule has 0 spiro atoms. The Morgan fingerprint density at radius 1 is 1.33 bits per heavy atom. The van der Waals surface area contributed by atoms with Gasteiger partial charge in [0.15, 0.2) is 0 Å². The van der Waals surface area contributed by atoms with Crippen molar-refractivity contribution in [1.29, 1.82) is 0 Å². The van der Waals surface area contributed by atoms with Gasteiger partial charge in [-0.2, -0.15) is 0 Å². The highest BCUT2D eigenvalue weighted by Crippen LogP contribution is 2.17. The van der Waals surface area contributed by atoms with Crippen LogP contribution in [0.25, 0.3) is 10.9 Å². The lowest BCUT2D eigenvalue weighted by Gasteiger charge is -2.20. The van der Waals surface area contributed by atoms with Crippen LogP contribution in [-0.4, -0.2) is 22.6 Å². The molecule has 0 amide bonds. The Labute approximate surface area is 105 Å². The molecule has 1 aromatic carbocycles. The van der Waals surface area contributed by atoms with E-state index in [0.29, 0.717) is 22.6 Å². The topological polar surface area (TPSA) is 67.0 Å². The van der Waals surface area contributed by atoms with E-state index in [9.17, 15) is 4.79 Å². The third-order valence-electron chi connectivity index (χ3n) is 2.41. The molecule has 0 atom stereocenters. The van der Waals surface area contributed by atoms with Gasteiger partial charge in [-0.3, -0.25) is 9.78 Å². The fourth-order valence-corrected chi connectivity index (χ4v) is 1.66. The van der Waals surface area contributed by atoms with Crippen LogP contribution in [0.2, 0.25) is 0 Å². The highest BCUT2D eigenvalue weighted by molar-refractivity contribution is 5.80. The molecule has 0 aliphatic heterocycles. The van der Waals surface area contributed by atoms with Gasteiger partial charge in [0.25, 0.3) is 5.56 Å². The second-order valence-electron chi connectivity index (χ2n) is 5.17. The minimum Gasteiger partial charge on any atom is -0.497 e. The van der Waals surface area contributed by atoms with Crippen molar-refractivity contribution in [2.45, 2.75) is 26.3 Å². The maximum Gasteiger partial charge on any atom is 0.260 e. The number of anilines is 1. The number of benzene rings is 1. The fourth-order valence-electron chi connectivity index (χ4n) is 1.66. The number of nitrogens with zero attached hydrogens (tertiary/aromatic N) is 1. The standard InChI is InChI=1S/C13H17N3O2/c1-13(2,3)16-12-14-10-6-5-8(18-4)7-9(10)11(17)15-12/h5-7H,1-4H3,(H2,14,15,16,17). The summed E-state index contributed by atoms with van der Waals surface area (Å²) >= 11 is 0. The number of H-pyrrole nitrogens is 1. The van der Waals surface area contributed by atoms with Crippen LogP contribution in [0, 0.1) is 0 Å². The number of methoxy groups -OCH3 is 1. The van der Waals surface area contributed by atoms with E-state index in [0.717, 1.165) is 0 Å². The second kappa shape index (κ2) is 4.33. The van der Waals surface area contributed by atoms with E-state index in [1.807, 2.05) is 20.8 Å². The molecule has 0 unspecified atom stereocenters. The van der Waals surface area contributed by atoms with Gasteiger partial charge < -0.3 is 10.1 Å². The van der Waals surface area contributed by atoms with E-state index in [1.165, 1.54) is 0 Å². The number of fused-ring (bicyclic) bond motifs is 1. The number of nitrogens with one attached hydrogen (secondary N) is 2. The SMILES string of the molecule is COc1ccc2nc(NC(C)(C)C)[nH]c(=O)c2c1. The molecule has 2 N–H and O–H groups in total. The summed E-state index contributed by atoms with van der Waals surface area (Å²) in [5.74, 6) is 1.12. The molecule has 0 bridgehead atoms. The van der Waals surface area contributed by atoms with Crippen molar-refractivity contribution in [3.05, 3.63) is 28.6 Å². The average Bonchev–Trinajstić information content (AvgIpc) is 2.26. The molecule has 18 heavy (non-hydrogen) atoms. The predicted octanol–water partition coefficient (Wildman–Crippen LogP) is 2.14. The van der Waals surface area contributed by atoms with Crippen LogP contribution in [0.5, 0.6) is 5.75 Å². The molecule has 5 nitrogen and oxygen atoms in total. The Kier molecular flexibility index (Phi) is 2.98. The van der Waals surface area contributed by atoms with Crippen LogP contribution in [-0.2, 0) is 0 Å². The van der Waals surface area contributed by atoms with Gasteiger partial charge >= 0.3 is 0 Å². The Hall–Kier alpha value is -2.04. The van der Waals surface area contributed by atoms with Gasteiger partial charge in [0, 0.05) is 5.54 Å². The molecule has 5 heteroatoms. The third kappa shape index (κ3) is 2.61. The van der Waals surface area contributed by atoms with Crippen molar-refractivity contribution in [2.24, 2.45) is 0 Å². The molecule has 96 valence electrons. The quantitative estimate of drug-likeness (QED) is 0.853. The zero-order valence-corrected chi connectivity index (χ0v) is 11.0. The monoisotopic (exact) mass is 247 g/mol. The van der Waals surface area contributed by atoms with Crippen molar-refractivity contribution in [1.82, 2.24) is 9.97 Å². The Bertz CT molecular complexity index is 626. The first kappa shape index (κ1) is 12.4. The maximum absolute atomic E-state index is 12.0. The molecule has 0 aliphatic rings. The van der Waals surface area contributed by atoms with Gasteiger partial charge in [0.1, 0.15) is 5.75 Å². The first-order chi connectivity index (χ1) is 8.39. The van der Waals surface area contributed by atoms with Crippen LogP contribution < -0.4 is 15.6 Å². The predicted molar refractivity (Wildman–Crippen MR) is 72.3 cm³/mol. The smallest absolute Gasteiger partial charge is 0.260 e. The first-order valence-electron chi connectivity index (χ1n) is 5.75. The summed E-state index contributed by atoms with van der Waals surface area (Å²) in [5, 5.41) is 3.67. The third-order valence-corrected chi connectivity index (χ3v) is 2.41. The summed E-state index contributed by atoms with van der Waals surface area (Å²) in [6.07, 6.45) is 0. The molecule has 0 saturated heterocycles. The number of aromatic amines is 1. The fraction of sp³-hybridized carbons (Fsp3) is 0.385. The van der Waals surface area contributed by atoms with Gasteiger partial charge in [0.05, 0.1) is 18.0 Å². The van der Waals surface area contributed by atoms with Crippen LogP contribution in [0.4, 0.5) is 5.95 Å². The lowest BCUT2D eigenvalue weighted by molar-refractivity contribution is 0.415. The van der Waals surface area contributed by atoms with E-state index >= 15 is 0 Å². The van der Waals surface area contributed by atoms with Crippen molar-refractivity contribution in [3.8, 4) is 5.75 Å². The molecule has 0 saturated carbocycles. The summed E-state index contributed by atoms with van der Waals surface area (Å²) in [4.78, 5) is 19.1.